The molecule has 0 aromatic carbocycles. The van der Waals surface area contributed by atoms with Crippen LogP contribution in [0.3, 0.4) is 0 Å². The molecular formula is C11H17ClN2O. The average Bonchev–Trinajstić information content (AvgIpc) is 2.26. The van der Waals surface area contributed by atoms with Crippen LogP contribution < -0.4 is 10.6 Å². The molecule has 0 aromatic heterocycles. The molecule has 0 aromatic rings. The molecule has 3 nitrogen and oxygen atoms in total. The monoisotopic (exact) mass is 228 g/mol. The minimum Gasteiger partial charge on any atom is -0.349 e. The van der Waals surface area contributed by atoms with Crippen molar-refractivity contribution in [2.24, 2.45) is 0 Å². The molecule has 1 saturated carbocycles. The van der Waals surface area contributed by atoms with E-state index in [4.69, 9.17) is 22.8 Å². The third-order valence-electron chi connectivity index (χ3n) is 3.12. The van der Waals surface area contributed by atoms with Gasteiger partial charge in [0.05, 0.1) is 0 Å². The lowest BCUT2D eigenvalue weighted by Crippen LogP contribution is -2.63. The maximum atomic E-state index is 6.13. The van der Waals surface area contributed by atoms with Crippen LogP contribution in [0.1, 0.15) is 19.3 Å². The molecule has 0 spiro atoms. The van der Waals surface area contributed by atoms with Crippen molar-refractivity contribution in [2.75, 3.05) is 13.2 Å². The second kappa shape index (κ2) is 5.18. The molecule has 0 bridgehead atoms. The molecule has 84 valence electrons. The van der Waals surface area contributed by atoms with Gasteiger partial charge in [-0.05, 0) is 19.3 Å². The summed E-state index contributed by atoms with van der Waals surface area (Å²) in [7, 11) is 0. The number of hydrogen-bond donors (Lipinski definition) is 2. The maximum absolute atomic E-state index is 6.13. The Labute approximate surface area is 95.9 Å². The van der Waals surface area contributed by atoms with Crippen molar-refractivity contribution in [3.05, 3.63) is 0 Å². The molecule has 4 heteroatoms. The molecule has 2 aliphatic rings. The molecule has 0 amide bonds. The van der Waals surface area contributed by atoms with Crippen molar-refractivity contribution in [1.29, 1.82) is 0 Å². The van der Waals surface area contributed by atoms with Gasteiger partial charge < -0.3 is 10.1 Å². The molecule has 1 heterocycles. The van der Waals surface area contributed by atoms with Crippen molar-refractivity contribution >= 4 is 11.6 Å². The van der Waals surface area contributed by atoms with Gasteiger partial charge in [-0.3, -0.25) is 5.32 Å². The van der Waals surface area contributed by atoms with Gasteiger partial charge in [0.25, 0.3) is 0 Å². The van der Waals surface area contributed by atoms with Crippen LogP contribution in [0.5, 0.6) is 0 Å². The van der Waals surface area contributed by atoms with Gasteiger partial charge in [-0.2, -0.15) is 0 Å². The Balaban J connectivity index is 1.82. The summed E-state index contributed by atoms with van der Waals surface area (Å²) >= 11 is 6.13. The Kier molecular flexibility index (Phi) is 3.87. The summed E-state index contributed by atoms with van der Waals surface area (Å²) in [6, 6.07) is 0.975. The number of fused-ring (bicyclic) bond motifs is 1. The average molecular weight is 229 g/mol. The van der Waals surface area contributed by atoms with Gasteiger partial charge in [-0.1, -0.05) is 5.92 Å². The predicted molar refractivity (Wildman–Crippen MR) is 60.8 cm³/mol. The first-order valence-electron chi connectivity index (χ1n) is 5.48. The van der Waals surface area contributed by atoms with Crippen molar-refractivity contribution < 1.29 is 4.74 Å². The Hall–Kier alpha value is -0.270. The molecular weight excluding hydrogens is 212 g/mol. The SMILES string of the molecule is C#CCOC1CNC2CC(Cl)CCC2N1. The lowest BCUT2D eigenvalue weighted by molar-refractivity contribution is 0.00946. The Morgan fingerprint density at radius 3 is 3.07 bits per heavy atom. The summed E-state index contributed by atoms with van der Waals surface area (Å²) in [6.07, 6.45) is 8.44. The summed E-state index contributed by atoms with van der Waals surface area (Å²) in [5.74, 6) is 2.48. The first kappa shape index (κ1) is 11.2. The highest BCUT2D eigenvalue weighted by Crippen LogP contribution is 2.25. The van der Waals surface area contributed by atoms with E-state index in [2.05, 4.69) is 16.6 Å². The lowest BCUT2D eigenvalue weighted by Gasteiger charge is -2.42. The van der Waals surface area contributed by atoms with Gasteiger partial charge in [0.1, 0.15) is 12.8 Å². The smallest absolute Gasteiger partial charge is 0.122 e. The van der Waals surface area contributed by atoms with Gasteiger partial charge in [0.2, 0.25) is 0 Å². The van der Waals surface area contributed by atoms with Crippen LogP contribution in [0.25, 0.3) is 0 Å². The minimum absolute atomic E-state index is 0.0502. The Morgan fingerprint density at radius 1 is 1.40 bits per heavy atom. The normalized spacial score (nSPS) is 40.5. The van der Waals surface area contributed by atoms with Gasteiger partial charge >= 0.3 is 0 Å². The van der Waals surface area contributed by atoms with Gasteiger partial charge in [-0.15, -0.1) is 18.0 Å². The summed E-state index contributed by atoms with van der Waals surface area (Å²) < 4.78 is 5.47. The van der Waals surface area contributed by atoms with E-state index < -0.39 is 0 Å². The van der Waals surface area contributed by atoms with Crippen LogP contribution >= 0.6 is 11.6 Å². The van der Waals surface area contributed by atoms with Crippen LogP contribution in [0.4, 0.5) is 0 Å². The van der Waals surface area contributed by atoms with Crippen molar-refractivity contribution in [3.63, 3.8) is 0 Å². The van der Waals surface area contributed by atoms with Crippen molar-refractivity contribution in [2.45, 2.75) is 43.0 Å². The summed E-state index contributed by atoms with van der Waals surface area (Å²) in [5.41, 5.74) is 0. The maximum Gasteiger partial charge on any atom is 0.122 e. The highest BCUT2D eigenvalue weighted by atomic mass is 35.5. The fraction of sp³-hybridized carbons (Fsp3) is 0.818. The first-order valence-corrected chi connectivity index (χ1v) is 5.92. The lowest BCUT2D eigenvalue weighted by atomic mass is 9.88. The van der Waals surface area contributed by atoms with E-state index >= 15 is 0 Å². The Bertz CT molecular complexity index is 253. The number of halogens is 1. The number of rotatable bonds is 2. The van der Waals surface area contributed by atoms with Crippen LogP contribution in [0, 0.1) is 12.3 Å². The van der Waals surface area contributed by atoms with Crippen LogP contribution in [-0.2, 0) is 4.74 Å². The van der Waals surface area contributed by atoms with E-state index in [1.807, 2.05) is 0 Å². The number of piperazine rings is 1. The second-order valence-corrected chi connectivity index (χ2v) is 4.82. The minimum atomic E-state index is 0.0502. The fourth-order valence-corrected chi connectivity index (χ4v) is 2.67. The number of nitrogens with one attached hydrogen (secondary N) is 2. The van der Waals surface area contributed by atoms with Crippen LogP contribution in [-0.4, -0.2) is 36.8 Å². The van der Waals surface area contributed by atoms with E-state index in [0.29, 0.717) is 24.1 Å². The summed E-state index contributed by atoms with van der Waals surface area (Å²) in [4.78, 5) is 0. The molecule has 2 N–H and O–H groups in total. The molecule has 1 saturated heterocycles. The van der Waals surface area contributed by atoms with Gasteiger partial charge in [-0.25, -0.2) is 0 Å². The van der Waals surface area contributed by atoms with Crippen molar-refractivity contribution in [3.8, 4) is 12.3 Å². The highest BCUT2D eigenvalue weighted by Gasteiger charge is 2.34. The molecule has 1 aliphatic carbocycles. The van der Waals surface area contributed by atoms with E-state index in [-0.39, 0.29) is 6.23 Å². The molecule has 4 unspecified atom stereocenters. The third kappa shape index (κ3) is 2.85. The zero-order valence-corrected chi connectivity index (χ0v) is 9.46. The zero-order chi connectivity index (χ0) is 10.7. The van der Waals surface area contributed by atoms with Gasteiger partial charge in [0.15, 0.2) is 0 Å². The topological polar surface area (TPSA) is 33.3 Å². The predicted octanol–water partition coefficient (Wildman–Crippen LogP) is 0.684. The summed E-state index contributed by atoms with van der Waals surface area (Å²) in [5, 5.41) is 7.26. The number of ether oxygens (including phenoxy) is 1. The molecule has 15 heavy (non-hydrogen) atoms. The van der Waals surface area contributed by atoms with E-state index in [9.17, 15) is 0 Å². The summed E-state index contributed by atoms with van der Waals surface area (Å²) in [6.45, 7) is 1.18. The van der Waals surface area contributed by atoms with E-state index in [1.165, 1.54) is 0 Å². The largest absolute Gasteiger partial charge is 0.349 e. The van der Waals surface area contributed by atoms with E-state index in [0.717, 1.165) is 25.8 Å². The van der Waals surface area contributed by atoms with E-state index in [1.54, 1.807) is 0 Å². The molecule has 2 fully saturated rings. The number of alkyl halides is 1. The first-order chi connectivity index (χ1) is 7.29. The third-order valence-corrected chi connectivity index (χ3v) is 3.52. The zero-order valence-electron chi connectivity index (χ0n) is 8.71. The fourth-order valence-electron chi connectivity index (χ4n) is 2.36. The standard InChI is InChI=1S/C11H17ClN2O/c1-2-5-15-11-7-13-10-6-8(12)3-4-9(10)14-11/h1,8-11,13-14H,3-7H2. The number of hydrogen-bond acceptors (Lipinski definition) is 3. The molecule has 0 radical (unpaired) electrons. The van der Waals surface area contributed by atoms with Crippen LogP contribution in [0.2, 0.25) is 0 Å². The van der Waals surface area contributed by atoms with Crippen molar-refractivity contribution in [1.82, 2.24) is 10.6 Å². The highest BCUT2D eigenvalue weighted by molar-refractivity contribution is 6.20. The number of terminal acetylenes is 1. The van der Waals surface area contributed by atoms with Crippen LogP contribution in [0.15, 0.2) is 0 Å². The molecule has 2 rings (SSSR count). The quantitative estimate of drug-likeness (QED) is 0.539. The molecule has 4 atom stereocenters. The Morgan fingerprint density at radius 2 is 2.27 bits per heavy atom. The van der Waals surface area contributed by atoms with Gasteiger partial charge in [0, 0.05) is 24.0 Å². The second-order valence-electron chi connectivity index (χ2n) is 4.20. The molecule has 1 aliphatic heterocycles.